The van der Waals surface area contributed by atoms with E-state index in [1.807, 2.05) is 0 Å². The van der Waals surface area contributed by atoms with E-state index >= 15 is 0 Å². The van der Waals surface area contributed by atoms with E-state index in [1.165, 1.54) is 25.5 Å². The zero-order valence-corrected chi connectivity index (χ0v) is 11.8. The lowest BCUT2D eigenvalue weighted by molar-refractivity contribution is -0.384. The van der Waals surface area contributed by atoms with Crippen LogP contribution in [0.5, 0.6) is 0 Å². The Balaban J connectivity index is 2.06. The highest BCUT2D eigenvalue weighted by Crippen LogP contribution is 2.34. The van der Waals surface area contributed by atoms with Gasteiger partial charge >= 0.3 is 5.69 Å². The van der Waals surface area contributed by atoms with Crippen LogP contribution in [-0.4, -0.2) is 16.5 Å². The number of nitrogens with one attached hydrogen (secondary N) is 1. The highest BCUT2D eigenvalue weighted by molar-refractivity contribution is 9.10. The maximum absolute atomic E-state index is 10.9. The Morgan fingerprint density at radius 1 is 1.56 bits per heavy atom. The van der Waals surface area contributed by atoms with E-state index in [2.05, 4.69) is 33.2 Å². The van der Waals surface area contributed by atoms with E-state index in [0.717, 1.165) is 12.5 Å². The smallest absolute Gasteiger partial charge is 0.311 e. The Hall–Kier alpha value is -1.17. The highest BCUT2D eigenvalue weighted by Gasteiger charge is 2.23. The van der Waals surface area contributed by atoms with Crippen LogP contribution in [0.3, 0.4) is 0 Å². The van der Waals surface area contributed by atoms with Gasteiger partial charge in [-0.1, -0.05) is 13.3 Å². The third kappa shape index (κ3) is 2.98. The Labute approximate surface area is 114 Å². The zero-order valence-electron chi connectivity index (χ0n) is 10.2. The fraction of sp³-hybridized carbons (Fsp3) is 0.583. The summed E-state index contributed by atoms with van der Waals surface area (Å²) in [5, 5.41) is 14.1. The average molecular weight is 314 g/mol. The summed E-state index contributed by atoms with van der Waals surface area (Å²) in [5.41, 5.74) is 0.560. The second kappa shape index (κ2) is 5.65. The molecule has 1 aliphatic rings. The summed E-state index contributed by atoms with van der Waals surface area (Å²) in [6.07, 6.45) is 6.51. The molecular formula is C12H16BrN3O2. The lowest BCUT2D eigenvalue weighted by atomic mass is 10.1. The van der Waals surface area contributed by atoms with Crippen molar-refractivity contribution < 1.29 is 4.92 Å². The lowest BCUT2D eigenvalue weighted by Gasteiger charge is -2.13. The van der Waals surface area contributed by atoms with Crippen LogP contribution in [0.1, 0.15) is 26.2 Å². The van der Waals surface area contributed by atoms with Crippen LogP contribution >= 0.6 is 15.9 Å². The maximum atomic E-state index is 10.9. The van der Waals surface area contributed by atoms with Crippen molar-refractivity contribution in [3.05, 3.63) is 27.0 Å². The summed E-state index contributed by atoms with van der Waals surface area (Å²) in [4.78, 5) is 14.4. The van der Waals surface area contributed by atoms with E-state index in [1.54, 1.807) is 6.20 Å². The van der Waals surface area contributed by atoms with Crippen LogP contribution in [0.15, 0.2) is 16.9 Å². The predicted octanol–water partition coefficient (Wildman–Crippen LogP) is 3.60. The SMILES string of the molecule is CC1CCC(CNc2c(Br)cncc2[N+](=O)[O-])C1. The van der Waals surface area contributed by atoms with Gasteiger partial charge in [-0.3, -0.25) is 15.1 Å². The van der Waals surface area contributed by atoms with Gasteiger partial charge in [-0.2, -0.15) is 0 Å². The third-order valence-corrected chi connectivity index (χ3v) is 4.05. The molecule has 0 amide bonds. The molecule has 2 rings (SSSR count). The molecular weight excluding hydrogens is 298 g/mol. The van der Waals surface area contributed by atoms with E-state index < -0.39 is 4.92 Å². The first kappa shape index (κ1) is 13.3. The number of nitro groups is 1. The van der Waals surface area contributed by atoms with Gasteiger partial charge < -0.3 is 5.32 Å². The molecule has 1 saturated carbocycles. The van der Waals surface area contributed by atoms with E-state index in [9.17, 15) is 10.1 Å². The molecule has 18 heavy (non-hydrogen) atoms. The first-order valence-corrected chi connectivity index (χ1v) is 6.89. The largest absolute Gasteiger partial charge is 0.378 e. The van der Waals surface area contributed by atoms with Gasteiger partial charge in [0.1, 0.15) is 11.9 Å². The molecule has 0 spiro atoms. The Morgan fingerprint density at radius 2 is 2.33 bits per heavy atom. The molecule has 1 aromatic rings. The van der Waals surface area contributed by atoms with Crippen molar-refractivity contribution in [1.29, 1.82) is 0 Å². The van der Waals surface area contributed by atoms with Gasteiger partial charge in [0.25, 0.3) is 0 Å². The maximum Gasteiger partial charge on any atom is 0.311 e. The Kier molecular flexibility index (Phi) is 4.16. The van der Waals surface area contributed by atoms with Crippen LogP contribution in [0.4, 0.5) is 11.4 Å². The van der Waals surface area contributed by atoms with E-state index in [-0.39, 0.29) is 5.69 Å². The number of anilines is 1. The molecule has 98 valence electrons. The van der Waals surface area contributed by atoms with Crippen molar-refractivity contribution in [3.8, 4) is 0 Å². The van der Waals surface area contributed by atoms with Crippen molar-refractivity contribution in [2.45, 2.75) is 26.2 Å². The number of rotatable bonds is 4. The summed E-state index contributed by atoms with van der Waals surface area (Å²) >= 11 is 3.31. The van der Waals surface area contributed by atoms with Gasteiger partial charge in [-0.15, -0.1) is 0 Å². The van der Waals surface area contributed by atoms with Gasteiger partial charge in [-0.25, -0.2) is 0 Å². The molecule has 0 aliphatic heterocycles. The number of nitrogens with zero attached hydrogens (tertiary/aromatic N) is 2. The molecule has 1 heterocycles. The Bertz CT molecular complexity index is 453. The second-order valence-corrected chi connectivity index (χ2v) is 5.79. The van der Waals surface area contributed by atoms with Gasteiger partial charge in [0.15, 0.2) is 0 Å². The molecule has 6 heteroatoms. The van der Waals surface area contributed by atoms with Crippen molar-refractivity contribution in [2.24, 2.45) is 11.8 Å². The molecule has 1 N–H and O–H groups in total. The number of hydrogen-bond donors (Lipinski definition) is 1. The number of halogens is 1. The molecule has 0 saturated heterocycles. The van der Waals surface area contributed by atoms with Gasteiger partial charge in [0, 0.05) is 12.7 Å². The molecule has 0 bridgehead atoms. The first-order valence-electron chi connectivity index (χ1n) is 6.09. The van der Waals surface area contributed by atoms with Crippen molar-refractivity contribution in [2.75, 3.05) is 11.9 Å². The number of pyridine rings is 1. The molecule has 0 aromatic carbocycles. The van der Waals surface area contributed by atoms with Gasteiger partial charge in [-0.05, 0) is 40.6 Å². The average Bonchev–Trinajstić information content (AvgIpc) is 2.73. The molecule has 2 unspecified atom stereocenters. The summed E-state index contributed by atoms with van der Waals surface area (Å²) in [6, 6.07) is 0. The molecule has 1 aliphatic carbocycles. The van der Waals surface area contributed by atoms with Crippen LogP contribution in [0.25, 0.3) is 0 Å². The third-order valence-electron chi connectivity index (χ3n) is 3.45. The molecule has 0 radical (unpaired) electrons. The van der Waals surface area contributed by atoms with Crippen LogP contribution < -0.4 is 5.32 Å². The van der Waals surface area contributed by atoms with Gasteiger partial charge in [0.2, 0.25) is 0 Å². The lowest BCUT2D eigenvalue weighted by Crippen LogP contribution is -2.13. The van der Waals surface area contributed by atoms with E-state index in [0.29, 0.717) is 16.1 Å². The molecule has 5 nitrogen and oxygen atoms in total. The molecule has 2 atom stereocenters. The minimum atomic E-state index is -0.405. The minimum Gasteiger partial charge on any atom is -0.378 e. The van der Waals surface area contributed by atoms with Crippen molar-refractivity contribution in [1.82, 2.24) is 4.98 Å². The summed E-state index contributed by atoms with van der Waals surface area (Å²) in [6.45, 7) is 3.04. The first-order chi connectivity index (χ1) is 8.58. The second-order valence-electron chi connectivity index (χ2n) is 4.94. The molecule has 1 fully saturated rings. The van der Waals surface area contributed by atoms with Gasteiger partial charge in [0.05, 0.1) is 9.40 Å². The predicted molar refractivity (Wildman–Crippen MR) is 73.6 cm³/mol. The zero-order chi connectivity index (χ0) is 13.1. The summed E-state index contributed by atoms with van der Waals surface area (Å²) in [5.74, 6) is 1.38. The quantitative estimate of drug-likeness (QED) is 0.681. The monoisotopic (exact) mass is 313 g/mol. The van der Waals surface area contributed by atoms with E-state index in [4.69, 9.17) is 0 Å². The normalized spacial score (nSPS) is 23.0. The Morgan fingerprint density at radius 3 is 2.94 bits per heavy atom. The summed E-state index contributed by atoms with van der Waals surface area (Å²) in [7, 11) is 0. The van der Waals surface area contributed by atoms with Crippen LogP contribution in [0, 0.1) is 22.0 Å². The minimum absolute atomic E-state index is 0.0235. The molecule has 1 aromatic heterocycles. The summed E-state index contributed by atoms with van der Waals surface area (Å²) < 4.78 is 0.641. The van der Waals surface area contributed by atoms with Crippen LogP contribution in [-0.2, 0) is 0 Å². The van der Waals surface area contributed by atoms with Crippen molar-refractivity contribution in [3.63, 3.8) is 0 Å². The fourth-order valence-electron chi connectivity index (χ4n) is 2.49. The van der Waals surface area contributed by atoms with Crippen molar-refractivity contribution >= 4 is 27.3 Å². The number of hydrogen-bond acceptors (Lipinski definition) is 4. The fourth-order valence-corrected chi connectivity index (χ4v) is 2.96. The highest BCUT2D eigenvalue weighted by atomic mass is 79.9. The standard InChI is InChI=1S/C12H16BrN3O2/c1-8-2-3-9(4-8)5-15-12-10(13)6-14-7-11(12)16(17)18/h6-9H,2-5H2,1H3,(H,14,15). The van der Waals surface area contributed by atoms with Crippen LogP contribution in [0.2, 0.25) is 0 Å². The number of aromatic nitrogens is 1. The topological polar surface area (TPSA) is 68.1 Å².